The third-order valence-corrected chi connectivity index (χ3v) is 2.89. The fourth-order valence-corrected chi connectivity index (χ4v) is 1.89. The second-order valence-electron chi connectivity index (χ2n) is 3.97. The van der Waals surface area contributed by atoms with E-state index in [9.17, 15) is 9.59 Å². The van der Waals surface area contributed by atoms with Gasteiger partial charge in [-0.2, -0.15) is 0 Å². The van der Waals surface area contributed by atoms with Crippen LogP contribution in [0.5, 0.6) is 0 Å². The highest BCUT2D eigenvalue weighted by molar-refractivity contribution is 5.77. The van der Waals surface area contributed by atoms with Crippen LogP contribution in [-0.2, 0) is 9.59 Å². The van der Waals surface area contributed by atoms with Crippen LogP contribution in [0.3, 0.4) is 0 Å². The topological polar surface area (TPSA) is 90.4 Å². The van der Waals surface area contributed by atoms with Crippen LogP contribution in [0.2, 0.25) is 0 Å². The molecule has 0 aliphatic carbocycles. The summed E-state index contributed by atoms with van der Waals surface area (Å²) >= 11 is 0. The molecule has 0 aliphatic heterocycles. The van der Waals surface area contributed by atoms with E-state index in [1.54, 1.807) is 26.0 Å². The summed E-state index contributed by atoms with van der Waals surface area (Å²) < 4.78 is 0. The highest BCUT2D eigenvalue weighted by Crippen LogP contribution is 2.24. The van der Waals surface area contributed by atoms with Crippen LogP contribution in [0.25, 0.3) is 0 Å². The van der Waals surface area contributed by atoms with Crippen molar-refractivity contribution in [2.75, 3.05) is 0 Å². The maximum absolute atomic E-state index is 11.0. The number of hydrogen-bond acceptors (Lipinski definition) is 2. The lowest BCUT2D eigenvalue weighted by Gasteiger charge is -2.09. The number of rotatable bonds is 6. The average molecular weight is 239 g/mol. The smallest absolute Gasteiger partial charge is 0.312 e. The largest absolute Gasteiger partial charge is 0.481 e. The van der Waals surface area contributed by atoms with E-state index in [2.05, 4.69) is 4.98 Å². The van der Waals surface area contributed by atoms with Gasteiger partial charge in [-0.1, -0.05) is 13.8 Å². The van der Waals surface area contributed by atoms with Crippen LogP contribution in [-0.4, -0.2) is 27.1 Å². The van der Waals surface area contributed by atoms with Crippen molar-refractivity contribution in [3.8, 4) is 0 Å². The molecule has 0 amide bonds. The first-order valence-corrected chi connectivity index (χ1v) is 5.65. The summed E-state index contributed by atoms with van der Waals surface area (Å²) in [6.45, 7) is 3.57. The third kappa shape index (κ3) is 2.87. The minimum Gasteiger partial charge on any atom is -0.481 e. The second kappa shape index (κ2) is 5.52. The summed E-state index contributed by atoms with van der Waals surface area (Å²) in [5, 5.41) is 18.0. The van der Waals surface area contributed by atoms with Gasteiger partial charge in [-0.3, -0.25) is 9.59 Å². The SMILES string of the molecule is CCC(C(=O)O)c1ccc(C(CC)C(=O)O)[nH]1. The van der Waals surface area contributed by atoms with Crippen molar-refractivity contribution in [3.63, 3.8) is 0 Å². The van der Waals surface area contributed by atoms with E-state index >= 15 is 0 Å². The third-order valence-electron chi connectivity index (χ3n) is 2.89. The highest BCUT2D eigenvalue weighted by Gasteiger charge is 2.23. The molecule has 94 valence electrons. The van der Waals surface area contributed by atoms with Crippen LogP contribution in [0.1, 0.15) is 49.9 Å². The first-order chi connectivity index (χ1) is 8.01. The zero-order valence-electron chi connectivity index (χ0n) is 9.93. The molecule has 5 nitrogen and oxygen atoms in total. The second-order valence-corrected chi connectivity index (χ2v) is 3.97. The molecule has 0 saturated heterocycles. The van der Waals surface area contributed by atoms with E-state index in [1.165, 1.54) is 0 Å². The van der Waals surface area contributed by atoms with Crippen molar-refractivity contribution >= 4 is 11.9 Å². The number of nitrogens with one attached hydrogen (secondary N) is 1. The minimum absolute atomic E-state index is 0.471. The predicted octanol–water partition coefficient (Wildman–Crippen LogP) is 2.17. The monoisotopic (exact) mass is 239 g/mol. The van der Waals surface area contributed by atoms with Gasteiger partial charge in [0, 0.05) is 11.4 Å². The normalized spacial score (nSPS) is 14.2. The Kier molecular flexibility index (Phi) is 4.31. The maximum Gasteiger partial charge on any atom is 0.312 e. The first-order valence-electron chi connectivity index (χ1n) is 5.65. The maximum atomic E-state index is 11.0. The van der Waals surface area contributed by atoms with E-state index in [4.69, 9.17) is 10.2 Å². The molecule has 1 heterocycles. The number of carboxylic acids is 2. The fraction of sp³-hybridized carbons (Fsp3) is 0.500. The lowest BCUT2D eigenvalue weighted by molar-refractivity contribution is -0.139. The van der Waals surface area contributed by atoms with Gasteiger partial charge >= 0.3 is 11.9 Å². The summed E-state index contributed by atoms with van der Waals surface area (Å²) in [4.78, 5) is 24.9. The average Bonchev–Trinajstić information content (AvgIpc) is 2.68. The molecule has 0 saturated carbocycles. The van der Waals surface area contributed by atoms with Gasteiger partial charge in [0.25, 0.3) is 0 Å². The van der Waals surface area contributed by atoms with Crippen molar-refractivity contribution < 1.29 is 19.8 Å². The number of hydrogen-bond donors (Lipinski definition) is 3. The van der Waals surface area contributed by atoms with Crippen molar-refractivity contribution in [1.29, 1.82) is 0 Å². The van der Waals surface area contributed by atoms with Crippen LogP contribution >= 0.6 is 0 Å². The molecule has 1 aromatic rings. The zero-order chi connectivity index (χ0) is 13.0. The lowest BCUT2D eigenvalue weighted by atomic mass is 10.0. The molecule has 0 aromatic carbocycles. The summed E-state index contributed by atoms with van der Waals surface area (Å²) in [5.41, 5.74) is 1.13. The van der Waals surface area contributed by atoms with Crippen molar-refractivity contribution in [3.05, 3.63) is 23.5 Å². The Bertz CT molecular complexity index is 374. The Hall–Kier alpha value is -1.78. The van der Waals surface area contributed by atoms with Gasteiger partial charge in [-0.15, -0.1) is 0 Å². The van der Waals surface area contributed by atoms with Crippen LogP contribution in [0.4, 0.5) is 0 Å². The van der Waals surface area contributed by atoms with Crippen LogP contribution in [0.15, 0.2) is 12.1 Å². The van der Waals surface area contributed by atoms with Gasteiger partial charge in [0.05, 0.1) is 11.8 Å². The van der Waals surface area contributed by atoms with E-state index < -0.39 is 23.8 Å². The minimum atomic E-state index is -0.899. The summed E-state index contributed by atoms with van der Waals surface area (Å²) in [7, 11) is 0. The molecule has 3 N–H and O–H groups in total. The first kappa shape index (κ1) is 13.3. The number of aromatic nitrogens is 1. The summed E-state index contributed by atoms with van der Waals surface area (Å²) in [5.74, 6) is -3.00. The number of aromatic amines is 1. The summed E-state index contributed by atoms with van der Waals surface area (Å²) in [6, 6.07) is 3.31. The van der Waals surface area contributed by atoms with Gasteiger partial charge in [-0.25, -0.2) is 0 Å². The highest BCUT2D eigenvalue weighted by atomic mass is 16.4. The zero-order valence-corrected chi connectivity index (χ0v) is 9.93. The van der Waals surface area contributed by atoms with Crippen molar-refractivity contribution in [2.24, 2.45) is 0 Å². The molecular formula is C12H17NO4. The summed E-state index contributed by atoms with van der Waals surface area (Å²) in [6.07, 6.45) is 0.943. The Morgan fingerprint density at radius 3 is 1.65 bits per heavy atom. The van der Waals surface area contributed by atoms with E-state index in [-0.39, 0.29) is 0 Å². The Labute approximate surface area is 99.5 Å². The molecule has 5 heteroatoms. The standard InChI is InChI=1S/C12H17NO4/c1-3-7(11(14)15)9-5-6-10(13-9)8(4-2)12(16)17/h5-8,13H,3-4H2,1-2H3,(H,14,15)(H,16,17). The van der Waals surface area contributed by atoms with E-state index in [1.807, 2.05) is 0 Å². The predicted molar refractivity (Wildman–Crippen MR) is 62.1 cm³/mol. The molecule has 0 aliphatic rings. The van der Waals surface area contributed by atoms with Gasteiger partial charge in [0.15, 0.2) is 0 Å². The molecule has 0 bridgehead atoms. The van der Waals surface area contributed by atoms with Gasteiger partial charge in [0.1, 0.15) is 0 Å². The van der Waals surface area contributed by atoms with Crippen LogP contribution in [0, 0.1) is 0 Å². The van der Waals surface area contributed by atoms with Crippen molar-refractivity contribution in [2.45, 2.75) is 38.5 Å². The van der Waals surface area contributed by atoms with Crippen molar-refractivity contribution in [1.82, 2.24) is 4.98 Å². The van der Waals surface area contributed by atoms with Gasteiger partial charge < -0.3 is 15.2 Å². The molecule has 1 rings (SSSR count). The molecule has 0 fully saturated rings. The Morgan fingerprint density at radius 2 is 1.41 bits per heavy atom. The molecule has 2 atom stereocenters. The van der Waals surface area contributed by atoms with Gasteiger partial charge in [-0.05, 0) is 25.0 Å². The number of aliphatic carboxylic acids is 2. The molecular weight excluding hydrogens is 222 g/mol. The number of carbonyl (C=O) groups is 2. The van der Waals surface area contributed by atoms with E-state index in [0.29, 0.717) is 24.2 Å². The molecule has 1 aromatic heterocycles. The lowest BCUT2D eigenvalue weighted by Crippen LogP contribution is -2.13. The quantitative estimate of drug-likeness (QED) is 0.709. The molecule has 0 radical (unpaired) electrons. The van der Waals surface area contributed by atoms with E-state index in [0.717, 1.165) is 0 Å². The Morgan fingerprint density at radius 1 is 1.06 bits per heavy atom. The number of H-pyrrole nitrogens is 1. The number of carboxylic acid groups (broad SMARTS) is 2. The molecule has 2 unspecified atom stereocenters. The van der Waals surface area contributed by atoms with Crippen LogP contribution < -0.4 is 0 Å². The van der Waals surface area contributed by atoms with Gasteiger partial charge in [0.2, 0.25) is 0 Å². The molecule has 0 spiro atoms. The Balaban J connectivity index is 2.97. The molecule has 17 heavy (non-hydrogen) atoms. The fourth-order valence-electron chi connectivity index (χ4n) is 1.89.